The van der Waals surface area contributed by atoms with Crippen LogP contribution in [0.15, 0.2) is 65.8 Å². The van der Waals surface area contributed by atoms with E-state index in [0.717, 1.165) is 16.8 Å². The van der Waals surface area contributed by atoms with Crippen LogP contribution < -0.4 is 9.47 Å². The Morgan fingerprint density at radius 2 is 1.78 bits per heavy atom. The van der Waals surface area contributed by atoms with Gasteiger partial charge in [0.25, 0.3) is 0 Å². The van der Waals surface area contributed by atoms with Crippen LogP contribution >= 0.6 is 35.0 Å². The summed E-state index contributed by atoms with van der Waals surface area (Å²) in [6, 6.07) is 18.6. The van der Waals surface area contributed by atoms with E-state index in [1.807, 2.05) is 60.9 Å². The molecule has 0 unspecified atom stereocenters. The fraction of sp³-hybridized carbons (Fsp3) is 0.231. The van der Waals surface area contributed by atoms with E-state index in [0.29, 0.717) is 33.1 Å². The highest BCUT2D eigenvalue weighted by Gasteiger charge is 2.26. The Morgan fingerprint density at radius 1 is 1.05 bits per heavy atom. The lowest BCUT2D eigenvalue weighted by atomic mass is 10.1. The highest BCUT2D eigenvalue weighted by atomic mass is 35.5. The van der Waals surface area contributed by atoms with Crippen LogP contribution in [0.2, 0.25) is 10.0 Å². The van der Waals surface area contributed by atoms with Crippen molar-refractivity contribution >= 4 is 35.0 Å². The summed E-state index contributed by atoms with van der Waals surface area (Å²) in [6.07, 6.45) is 0. The number of nitro groups is 1. The minimum Gasteiger partial charge on any atom is -0.493 e. The first-order valence-electron chi connectivity index (χ1n) is 11.3. The Labute approximate surface area is 228 Å². The summed E-state index contributed by atoms with van der Waals surface area (Å²) >= 11 is 14.1. The Morgan fingerprint density at radius 3 is 2.46 bits per heavy atom. The average Bonchev–Trinajstić information content (AvgIpc) is 3.23. The molecule has 0 radical (unpaired) electrons. The van der Waals surface area contributed by atoms with Crippen molar-refractivity contribution < 1.29 is 14.4 Å². The van der Waals surface area contributed by atoms with Gasteiger partial charge in [0.2, 0.25) is 6.54 Å². The maximum atomic E-state index is 11.6. The molecule has 1 heterocycles. The van der Waals surface area contributed by atoms with E-state index >= 15 is 0 Å². The molecule has 1 aromatic heterocycles. The molecule has 0 N–H and O–H groups in total. The van der Waals surface area contributed by atoms with E-state index in [4.69, 9.17) is 32.7 Å². The zero-order valence-electron chi connectivity index (χ0n) is 20.4. The fourth-order valence-corrected chi connectivity index (χ4v) is 5.33. The molecule has 0 aliphatic heterocycles. The van der Waals surface area contributed by atoms with Crippen LogP contribution in [0.5, 0.6) is 11.5 Å². The second kappa shape index (κ2) is 11.9. The molecule has 0 aliphatic rings. The molecule has 1 atom stereocenters. The molecule has 0 saturated heterocycles. The van der Waals surface area contributed by atoms with Crippen molar-refractivity contribution in [2.24, 2.45) is 0 Å². The first-order chi connectivity index (χ1) is 17.8. The number of ether oxygens (including phenoxy) is 2. The van der Waals surface area contributed by atoms with Crippen molar-refractivity contribution in [3.05, 3.63) is 103 Å². The standard InChI is InChI=1S/C26H24Cl2N4O4S/c1-16-8-10-20(11-9-16)32-17(2)29-30-26(32)37-24(14-31(33)34)19-12-22(28)25(23(13-19)35-3)36-15-18-6-4-5-7-21(18)27/h4-13,24H,14-15H2,1-3H3/t24-/m1/s1. The van der Waals surface area contributed by atoms with Gasteiger partial charge in [-0.05, 0) is 49.7 Å². The highest BCUT2D eigenvalue weighted by molar-refractivity contribution is 7.99. The lowest BCUT2D eigenvalue weighted by molar-refractivity contribution is -0.479. The maximum absolute atomic E-state index is 11.6. The van der Waals surface area contributed by atoms with Crippen molar-refractivity contribution in [3.63, 3.8) is 0 Å². The van der Waals surface area contributed by atoms with Crippen LogP contribution in [-0.4, -0.2) is 33.3 Å². The van der Waals surface area contributed by atoms with Gasteiger partial charge in [-0.15, -0.1) is 10.2 Å². The molecule has 0 fully saturated rings. The molecule has 11 heteroatoms. The Bertz CT molecular complexity index is 1410. The Kier molecular flexibility index (Phi) is 8.58. The number of methoxy groups -OCH3 is 1. The number of benzene rings is 3. The minimum absolute atomic E-state index is 0.182. The van der Waals surface area contributed by atoms with Crippen LogP contribution in [0.1, 0.15) is 27.8 Å². The molecule has 0 amide bonds. The number of aryl methyl sites for hydroxylation is 2. The van der Waals surface area contributed by atoms with Crippen LogP contribution in [0.3, 0.4) is 0 Å². The summed E-state index contributed by atoms with van der Waals surface area (Å²) in [5.41, 5.74) is 3.38. The molecule has 4 aromatic rings. The Balaban J connectivity index is 1.66. The molecule has 0 saturated carbocycles. The number of halogens is 2. The first-order valence-corrected chi connectivity index (χ1v) is 12.9. The summed E-state index contributed by atoms with van der Waals surface area (Å²) in [7, 11) is 1.49. The van der Waals surface area contributed by atoms with Crippen LogP contribution in [0.4, 0.5) is 0 Å². The highest BCUT2D eigenvalue weighted by Crippen LogP contribution is 2.43. The van der Waals surface area contributed by atoms with Gasteiger partial charge >= 0.3 is 0 Å². The Hall–Kier alpha value is -3.27. The third kappa shape index (κ3) is 6.36. The molecule has 3 aromatic carbocycles. The van der Waals surface area contributed by atoms with E-state index in [-0.39, 0.29) is 23.1 Å². The van der Waals surface area contributed by atoms with E-state index in [1.54, 1.807) is 18.2 Å². The second-order valence-electron chi connectivity index (χ2n) is 8.24. The summed E-state index contributed by atoms with van der Waals surface area (Å²) in [4.78, 5) is 11.3. The molecule has 4 rings (SSSR count). The third-order valence-corrected chi connectivity index (χ3v) is 7.43. The van der Waals surface area contributed by atoms with Gasteiger partial charge in [0.15, 0.2) is 16.7 Å². The van der Waals surface area contributed by atoms with E-state index < -0.39 is 5.25 Å². The van der Waals surface area contributed by atoms with Gasteiger partial charge in [0, 0.05) is 21.2 Å². The molecule has 0 spiro atoms. The number of nitrogens with zero attached hydrogens (tertiary/aromatic N) is 4. The molecule has 8 nitrogen and oxygen atoms in total. The quantitative estimate of drug-likeness (QED) is 0.119. The van der Waals surface area contributed by atoms with E-state index in [9.17, 15) is 10.1 Å². The third-order valence-electron chi connectivity index (χ3n) is 5.60. The lowest BCUT2D eigenvalue weighted by Gasteiger charge is -2.18. The normalized spacial score (nSPS) is 11.8. The summed E-state index contributed by atoms with van der Waals surface area (Å²) < 4.78 is 13.4. The summed E-state index contributed by atoms with van der Waals surface area (Å²) in [5.74, 6) is 1.36. The smallest absolute Gasteiger partial charge is 0.220 e. The number of aromatic nitrogens is 3. The van der Waals surface area contributed by atoms with Crippen molar-refractivity contribution in [1.29, 1.82) is 0 Å². The second-order valence-corrected chi connectivity index (χ2v) is 10.2. The summed E-state index contributed by atoms with van der Waals surface area (Å²) in [6.45, 7) is 3.67. The molecular formula is C26H24Cl2N4O4S. The number of rotatable bonds is 10. The van der Waals surface area contributed by atoms with Crippen molar-refractivity contribution in [2.45, 2.75) is 30.9 Å². The number of hydrogen-bond acceptors (Lipinski definition) is 7. The molecule has 37 heavy (non-hydrogen) atoms. The van der Waals surface area contributed by atoms with Gasteiger partial charge in [-0.2, -0.15) is 0 Å². The molecule has 0 aliphatic carbocycles. The van der Waals surface area contributed by atoms with Crippen molar-refractivity contribution in [3.8, 4) is 17.2 Å². The van der Waals surface area contributed by atoms with Crippen molar-refractivity contribution in [2.75, 3.05) is 13.7 Å². The first kappa shape index (κ1) is 26.8. The van der Waals surface area contributed by atoms with Gasteiger partial charge in [-0.1, -0.05) is 70.9 Å². The van der Waals surface area contributed by atoms with E-state index in [2.05, 4.69) is 10.2 Å². The topological polar surface area (TPSA) is 92.3 Å². The largest absolute Gasteiger partial charge is 0.493 e. The predicted molar refractivity (Wildman–Crippen MR) is 145 cm³/mol. The molecule has 192 valence electrons. The van der Waals surface area contributed by atoms with Gasteiger partial charge < -0.3 is 9.47 Å². The van der Waals surface area contributed by atoms with Crippen LogP contribution in [-0.2, 0) is 6.61 Å². The summed E-state index contributed by atoms with van der Waals surface area (Å²) in [5, 5.41) is 20.9. The average molecular weight is 559 g/mol. The maximum Gasteiger partial charge on any atom is 0.220 e. The lowest BCUT2D eigenvalue weighted by Crippen LogP contribution is -2.12. The predicted octanol–water partition coefficient (Wildman–Crippen LogP) is 6.89. The SMILES string of the molecule is COc1cc([C@@H](C[N+](=O)[O-])Sc2nnc(C)n2-c2ccc(C)cc2)cc(Cl)c1OCc1ccccc1Cl. The van der Waals surface area contributed by atoms with Crippen molar-refractivity contribution in [1.82, 2.24) is 14.8 Å². The zero-order valence-corrected chi connectivity index (χ0v) is 22.7. The van der Waals surface area contributed by atoms with Gasteiger partial charge in [0.1, 0.15) is 17.7 Å². The van der Waals surface area contributed by atoms with Crippen LogP contribution in [0, 0.1) is 24.0 Å². The van der Waals surface area contributed by atoms with E-state index in [1.165, 1.54) is 18.9 Å². The fourth-order valence-electron chi connectivity index (χ4n) is 3.71. The number of hydrogen-bond donors (Lipinski definition) is 0. The molecule has 0 bridgehead atoms. The monoisotopic (exact) mass is 558 g/mol. The van der Waals surface area contributed by atoms with Gasteiger partial charge in [-0.3, -0.25) is 14.7 Å². The van der Waals surface area contributed by atoms with Crippen LogP contribution in [0.25, 0.3) is 5.69 Å². The minimum atomic E-state index is -0.619. The van der Waals surface area contributed by atoms with Gasteiger partial charge in [0.05, 0.1) is 12.1 Å². The zero-order chi connectivity index (χ0) is 26.5. The number of thioether (sulfide) groups is 1. The molecular weight excluding hydrogens is 535 g/mol. The van der Waals surface area contributed by atoms with Gasteiger partial charge in [-0.25, -0.2) is 0 Å².